The lowest BCUT2D eigenvalue weighted by atomic mass is 9.86. The molecular weight excluding hydrogens is 695 g/mol. The molecule has 3 atom stereocenters. The number of aromatic amines is 1. The van der Waals surface area contributed by atoms with Crippen molar-refractivity contribution in [2.75, 3.05) is 0 Å². The second-order valence-electron chi connectivity index (χ2n) is 13.6. The Morgan fingerprint density at radius 2 is 1.83 bits per heavy atom. The molecule has 1 fully saturated rings. The third-order valence-corrected chi connectivity index (χ3v) is 9.17. The lowest BCUT2D eigenvalue weighted by Crippen LogP contribution is -2.24. The number of para-hydroxylation sites is 1. The number of carbonyl (C=O) groups is 1. The quantitative estimate of drug-likeness (QED) is 0.135. The highest BCUT2D eigenvalue weighted by molar-refractivity contribution is 5.94. The summed E-state index contributed by atoms with van der Waals surface area (Å²) in [5.74, 6) is -4.28. The van der Waals surface area contributed by atoms with Crippen LogP contribution in [-0.2, 0) is 29.9 Å². The fourth-order valence-electron chi connectivity index (χ4n) is 6.99. The van der Waals surface area contributed by atoms with Crippen molar-refractivity contribution >= 4 is 16.7 Å². The molecular formula is C37H28F7N5O3. The number of fused-ring (bicyclic) bond motifs is 4. The molecule has 0 bridgehead atoms. The molecule has 0 amide bonds. The summed E-state index contributed by atoms with van der Waals surface area (Å²) in [7, 11) is 0. The van der Waals surface area contributed by atoms with E-state index in [1.165, 1.54) is 32.3 Å². The van der Waals surface area contributed by atoms with E-state index in [2.05, 4.69) is 31.9 Å². The van der Waals surface area contributed by atoms with Crippen molar-refractivity contribution in [3.8, 4) is 23.0 Å². The van der Waals surface area contributed by atoms with Crippen LogP contribution in [0, 0.1) is 29.4 Å². The predicted molar refractivity (Wildman–Crippen MR) is 173 cm³/mol. The highest BCUT2D eigenvalue weighted by Crippen LogP contribution is 2.68. The van der Waals surface area contributed by atoms with Crippen LogP contribution in [0.4, 0.5) is 30.7 Å². The van der Waals surface area contributed by atoms with E-state index in [4.69, 9.17) is 0 Å². The van der Waals surface area contributed by atoms with E-state index in [0.29, 0.717) is 21.9 Å². The number of aliphatic hydroxyl groups is 1. The Hall–Kier alpha value is -5.36. The Bertz CT molecular complexity index is 2360. The fourth-order valence-corrected chi connectivity index (χ4v) is 6.99. The second kappa shape index (κ2) is 12.4. The first-order valence-electron chi connectivity index (χ1n) is 16.2. The van der Waals surface area contributed by atoms with Gasteiger partial charge in [0.2, 0.25) is 0 Å². The Labute approximate surface area is 290 Å². The number of benzene rings is 2. The van der Waals surface area contributed by atoms with Crippen LogP contribution in [0.1, 0.15) is 72.4 Å². The van der Waals surface area contributed by atoms with Crippen LogP contribution in [0.5, 0.6) is 0 Å². The first-order valence-corrected chi connectivity index (χ1v) is 16.2. The molecule has 7 rings (SSSR count). The standard InChI is InChI=1S/C37H28F7N5O3/c1-35(2,52)9-8-22-6-7-25(24-4-3-5-26-31(24)45-17-46-34(26)51)30(47-22)19(10-18-11-20(38)14-21(39)12-18)13-23(50)16-49-33-29(32(48-49)37(42,43)44)27-15-28(27)36(33,40)41/h3-7,11-12,14,17,19,27-28,52H,10,13,15-16H2,1-2H3,(H,45,46,51)/t19-,27+,28-/m1/s1. The van der Waals surface area contributed by atoms with Gasteiger partial charge in [0.15, 0.2) is 11.5 Å². The number of carbonyl (C=O) groups excluding carboxylic acids is 1. The molecule has 0 unspecified atom stereocenters. The number of ketones is 1. The van der Waals surface area contributed by atoms with E-state index in [0.717, 1.165) is 12.1 Å². The summed E-state index contributed by atoms with van der Waals surface area (Å²) >= 11 is 0. The minimum atomic E-state index is -5.03. The van der Waals surface area contributed by atoms with Gasteiger partial charge in [-0.2, -0.15) is 27.1 Å². The van der Waals surface area contributed by atoms with Crippen LogP contribution in [0.15, 0.2) is 59.7 Å². The van der Waals surface area contributed by atoms with Gasteiger partial charge in [-0.05, 0) is 74.4 Å². The van der Waals surface area contributed by atoms with Crippen LogP contribution in [0.2, 0.25) is 0 Å². The monoisotopic (exact) mass is 723 g/mol. The first kappa shape index (κ1) is 35.1. The third kappa shape index (κ3) is 6.58. The Morgan fingerprint density at radius 1 is 1.10 bits per heavy atom. The Balaban J connectivity index is 1.36. The molecule has 15 heteroatoms. The van der Waals surface area contributed by atoms with E-state index in [1.54, 1.807) is 18.2 Å². The van der Waals surface area contributed by atoms with Gasteiger partial charge >= 0.3 is 6.18 Å². The fraction of sp³-hybridized carbons (Fsp3) is 0.324. The van der Waals surface area contributed by atoms with Crippen molar-refractivity contribution in [1.82, 2.24) is 24.7 Å². The van der Waals surface area contributed by atoms with E-state index < -0.39 is 88.3 Å². The first-order chi connectivity index (χ1) is 24.4. The number of alkyl halides is 5. The Morgan fingerprint density at radius 3 is 2.52 bits per heavy atom. The summed E-state index contributed by atoms with van der Waals surface area (Å²) in [6.45, 7) is 1.94. The van der Waals surface area contributed by atoms with Gasteiger partial charge in [-0.3, -0.25) is 14.3 Å². The zero-order chi connectivity index (χ0) is 37.3. The maximum Gasteiger partial charge on any atom is 0.435 e. The maximum atomic E-state index is 15.3. The molecule has 0 saturated heterocycles. The smallest absolute Gasteiger partial charge is 0.378 e. The molecule has 1 saturated carbocycles. The minimum absolute atomic E-state index is 0.0921. The number of Topliss-reactive ketones (excluding diaryl/α,β-unsaturated/α-hetero) is 1. The predicted octanol–water partition coefficient (Wildman–Crippen LogP) is 6.80. The molecule has 0 spiro atoms. The zero-order valence-corrected chi connectivity index (χ0v) is 27.5. The highest BCUT2D eigenvalue weighted by Gasteiger charge is 2.68. The number of rotatable bonds is 8. The number of hydrogen-bond donors (Lipinski definition) is 2. The SMILES string of the molecule is CC(C)(O)C#Cc1ccc(-c2cccc3c(=O)[nH]cnc23)c([C@@H](CC(=O)Cn2nc(C(F)(F)F)c3c2C(F)(F)[C@@H]2C[C@H]32)Cc2cc(F)cc(F)c2)n1. The normalized spacial score (nSPS) is 18.0. The zero-order valence-electron chi connectivity index (χ0n) is 27.5. The number of hydrogen-bond acceptors (Lipinski definition) is 6. The lowest BCUT2D eigenvalue weighted by Gasteiger charge is -2.21. The topological polar surface area (TPSA) is 114 Å². The van der Waals surface area contributed by atoms with Crippen molar-refractivity contribution in [3.63, 3.8) is 0 Å². The highest BCUT2D eigenvalue weighted by atomic mass is 19.4. The van der Waals surface area contributed by atoms with Crippen molar-refractivity contribution < 1.29 is 40.6 Å². The van der Waals surface area contributed by atoms with Crippen molar-refractivity contribution in [1.29, 1.82) is 0 Å². The molecule has 2 aromatic carbocycles. The average Bonchev–Trinajstić information content (AvgIpc) is 3.70. The number of H-pyrrole nitrogens is 1. The van der Waals surface area contributed by atoms with E-state index >= 15 is 8.78 Å². The summed E-state index contributed by atoms with van der Waals surface area (Å²) in [6.07, 6.45) is -4.75. The van der Waals surface area contributed by atoms with Gasteiger partial charge in [0, 0.05) is 41.0 Å². The number of pyridine rings is 1. The number of aromatic nitrogens is 5. The second-order valence-corrected chi connectivity index (χ2v) is 13.6. The summed E-state index contributed by atoms with van der Waals surface area (Å²) in [6, 6.07) is 10.6. The molecule has 2 aliphatic rings. The molecule has 8 nitrogen and oxygen atoms in total. The van der Waals surface area contributed by atoms with Crippen molar-refractivity contribution in [3.05, 3.63) is 111 Å². The van der Waals surface area contributed by atoms with E-state index in [1.807, 2.05) is 0 Å². The van der Waals surface area contributed by atoms with Gasteiger partial charge in [0.05, 0.1) is 22.9 Å². The average molecular weight is 724 g/mol. The molecule has 0 aliphatic heterocycles. The van der Waals surface area contributed by atoms with Crippen molar-refractivity contribution in [2.45, 2.75) is 69.2 Å². The molecule has 5 aromatic rings. The van der Waals surface area contributed by atoms with Gasteiger partial charge in [-0.25, -0.2) is 18.7 Å². The van der Waals surface area contributed by atoms with Crippen molar-refractivity contribution in [2.24, 2.45) is 5.92 Å². The van der Waals surface area contributed by atoms with Gasteiger partial charge < -0.3 is 10.1 Å². The van der Waals surface area contributed by atoms with Crippen LogP contribution in [-0.4, -0.2) is 41.2 Å². The lowest BCUT2D eigenvalue weighted by molar-refractivity contribution is -0.142. The summed E-state index contributed by atoms with van der Waals surface area (Å²) in [5.41, 5.74) is -3.56. The molecule has 0 radical (unpaired) electrons. The van der Waals surface area contributed by atoms with E-state index in [9.17, 15) is 36.6 Å². The number of nitrogens with zero attached hydrogens (tertiary/aromatic N) is 4. The summed E-state index contributed by atoms with van der Waals surface area (Å²) < 4.78 is 102. The summed E-state index contributed by atoms with van der Waals surface area (Å²) in [4.78, 5) is 38.0. The van der Waals surface area contributed by atoms with Crippen LogP contribution >= 0.6 is 0 Å². The van der Waals surface area contributed by atoms with Crippen LogP contribution in [0.3, 0.4) is 0 Å². The van der Waals surface area contributed by atoms with Gasteiger partial charge in [0.25, 0.3) is 11.5 Å². The van der Waals surface area contributed by atoms with Crippen LogP contribution in [0.25, 0.3) is 22.0 Å². The maximum absolute atomic E-state index is 15.3. The Kier molecular flexibility index (Phi) is 8.36. The van der Waals surface area contributed by atoms with Gasteiger partial charge in [0.1, 0.15) is 35.2 Å². The minimum Gasteiger partial charge on any atom is -0.378 e. The molecule has 3 heterocycles. The summed E-state index contributed by atoms with van der Waals surface area (Å²) in [5, 5.41) is 13.9. The number of nitrogens with one attached hydrogen (secondary N) is 1. The van der Waals surface area contributed by atoms with Crippen LogP contribution < -0.4 is 5.56 Å². The number of halogens is 7. The largest absolute Gasteiger partial charge is 0.435 e. The molecule has 268 valence electrons. The van der Waals surface area contributed by atoms with Gasteiger partial charge in [-0.1, -0.05) is 18.1 Å². The molecule has 52 heavy (non-hydrogen) atoms. The molecule has 2 N–H and O–H groups in total. The third-order valence-electron chi connectivity index (χ3n) is 9.17. The van der Waals surface area contributed by atoms with Gasteiger partial charge in [-0.15, -0.1) is 0 Å². The molecule has 3 aromatic heterocycles. The molecule has 2 aliphatic carbocycles. The van der Waals surface area contributed by atoms with E-state index in [-0.39, 0.29) is 40.7 Å².